The quantitative estimate of drug-likeness (QED) is 0.235. The molecule has 0 bridgehead atoms. The monoisotopic (exact) mass is 293 g/mol. The fourth-order valence-corrected chi connectivity index (χ4v) is 4.71. The van der Waals surface area contributed by atoms with Gasteiger partial charge in [0.05, 0.1) is 0 Å². The highest BCUT2D eigenvalue weighted by Gasteiger charge is 2.41. The van der Waals surface area contributed by atoms with Crippen molar-refractivity contribution in [1.82, 2.24) is 0 Å². The van der Waals surface area contributed by atoms with E-state index in [-0.39, 0.29) is 0 Å². The molecule has 0 aromatic rings. The predicted octanol–water partition coefficient (Wildman–Crippen LogP) is -5.04. The van der Waals surface area contributed by atoms with Crippen LogP contribution in [0.4, 0.5) is 0 Å². The predicted molar refractivity (Wildman–Crippen MR) is 47.7 cm³/mol. The number of hydrogen-bond donors (Lipinski definition) is 7. The van der Waals surface area contributed by atoms with Gasteiger partial charge in [-0.05, 0) is 0 Å². The standard InChI is InChI=1S/CH7O6Si2.Al.H3O4Si/c1-8(2,3)7-9(4,5)6;;1-5(2,3)4/h2-5H,1H3;;1-3H/q-1;+1;-1. The van der Waals surface area contributed by atoms with E-state index in [1.807, 2.05) is 0 Å². The van der Waals surface area contributed by atoms with Crippen LogP contribution >= 0.6 is 0 Å². The summed E-state index contributed by atoms with van der Waals surface area (Å²) in [6, 6.07) is 0. The van der Waals surface area contributed by atoms with Crippen molar-refractivity contribution in [3.05, 3.63) is 0 Å². The first kappa shape index (κ1) is 15.8. The lowest BCUT2D eigenvalue weighted by atomic mass is 11.9. The molecule has 14 heteroatoms. The van der Waals surface area contributed by atoms with Gasteiger partial charge in [-0.15, -0.1) is 0 Å². The van der Waals surface area contributed by atoms with Crippen molar-refractivity contribution >= 4 is 42.8 Å². The Bertz CT molecular complexity index is 194. The molecule has 0 rings (SSSR count). The van der Waals surface area contributed by atoms with Gasteiger partial charge in [-0.25, -0.2) is 0 Å². The van der Waals surface area contributed by atoms with Crippen LogP contribution in [0.15, 0.2) is 0 Å². The molecule has 0 spiro atoms. The summed E-state index contributed by atoms with van der Waals surface area (Å²) in [5.41, 5.74) is 0. The van der Waals surface area contributed by atoms with E-state index in [0.717, 1.165) is 6.55 Å². The third-order valence-corrected chi connectivity index (χ3v) is 6.61. The van der Waals surface area contributed by atoms with Gasteiger partial charge in [0, 0.05) is 6.55 Å². The molecule has 0 saturated carbocycles. The van der Waals surface area contributed by atoms with E-state index in [1.165, 1.54) is 0 Å². The minimum atomic E-state index is -4.78. The Morgan fingerprint density at radius 1 is 0.867 bits per heavy atom. The van der Waals surface area contributed by atoms with Gasteiger partial charge in [-0.2, -0.15) is 0 Å². The molecule has 2 radical (unpaired) electrons. The van der Waals surface area contributed by atoms with Gasteiger partial charge < -0.3 is 44.6 Å². The summed E-state index contributed by atoms with van der Waals surface area (Å²) in [7, 11) is -13.7. The molecule has 0 aromatic carbocycles. The van der Waals surface area contributed by atoms with Gasteiger partial charge in [0.1, 0.15) is 15.9 Å². The lowest BCUT2D eigenvalue weighted by Gasteiger charge is -2.32. The van der Waals surface area contributed by atoms with Gasteiger partial charge >= 0.3 is 26.9 Å². The molecule has 0 aliphatic heterocycles. The van der Waals surface area contributed by atoms with E-state index in [1.54, 1.807) is 0 Å². The molecule has 15 heavy (non-hydrogen) atoms. The second-order valence-corrected chi connectivity index (χ2v) is 9.50. The maximum Gasteiger partial charge on any atom is 0.608 e. The Labute approximate surface area is 94.3 Å². The van der Waals surface area contributed by atoms with Gasteiger partial charge in [0.2, 0.25) is 0 Å². The van der Waals surface area contributed by atoms with Gasteiger partial charge in [0.15, 0.2) is 0 Å². The van der Waals surface area contributed by atoms with Crippen LogP contribution in [0.5, 0.6) is 0 Å². The van der Waals surface area contributed by atoms with Crippen LogP contribution in [0.2, 0.25) is 6.55 Å². The van der Waals surface area contributed by atoms with E-state index >= 15 is 0 Å². The largest absolute Gasteiger partial charge is 0.660 e. The zero-order chi connectivity index (χ0) is 12.3. The minimum Gasteiger partial charge on any atom is -0.660 e. The Morgan fingerprint density at radius 3 is 1.67 bits per heavy atom. The van der Waals surface area contributed by atoms with Crippen molar-refractivity contribution in [1.29, 1.82) is 0 Å². The Hall–Kier alpha value is 0.783. The third kappa shape index (κ3) is 11.1. The fraction of sp³-hybridized carbons (Fsp3) is 1.00. The van der Waals surface area contributed by atoms with Gasteiger partial charge in [-0.3, -0.25) is 0 Å². The second-order valence-electron chi connectivity index (χ2n) is 2.49. The molecule has 0 atom stereocenters. The molecule has 0 fully saturated rings. The zero-order valence-electron chi connectivity index (χ0n) is 7.43. The van der Waals surface area contributed by atoms with Crippen LogP contribution < -0.4 is 0 Å². The summed E-state index contributed by atoms with van der Waals surface area (Å²) < 4.78 is 12.1. The molecule has 0 saturated heterocycles. The zero-order valence-corrected chi connectivity index (χ0v) is 11.6. The average molecular weight is 293 g/mol. The van der Waals surface area contributed by atoms with E-state index < -0.39 is 42.8 Å². The van der Waals surface area contributed by atoms with E-state index in [9.17, 15) is 0 Å². The van der Waals surface area contributed by atoms with Crippen molar-refractivity contribution in [2.45, 2.75) is 6.55 Å². The smallest absolute Gasteiger partial charge is 0.608 e. The molecule has 0 unspecified atom stereocenters. The summed E-state index contributed by atoms with van der Waals surface area (Å²) in [5, 5.41) is 0. The number of hydrogen-bond acceptors (Lipinski definition) is 10. The third-order valence-electron chi connectivity index (χ3n) is 0.734. The molecule has 7 N–H and O–H groups in total. The topological polar surface area (TPSA) is 169 Å². The van der Waals surface area contributed by atoms with E-state index in [4.69, 9.17) is 33.6 Å². The lowest BCUT2D eigenvalue weighted by Crippen LogP contribution is -2.55. The Balaban J connectivity index is 3.95. The molecular formula is CH10AlO10Si3-. The molecule has 90 valence electrons. The maximum atomic E-state index is 8.92. The first-order chi connectivity index (χ1) is 6.41. The summed E-state index contributed by atoms with van der Waals surface area (Å²) in [4.78, 5) is 60.4. The highest BCUT2D eigenvalue weighted by molar-refractivity contribution is 6.70. The van der Waals surface area contributed by atoms with Crippen molar-refractivity contribution < 1.29 is 44.6 Å². The number of rotatable bonds is 6. The fourth-order valence-electron chi connectivity index (χ4n) is 0.427. The summed E-state index contributed by atoms with van der Waals surface area (Å²) >= 11 is -1.82. The van der Waals surface area contributed by atoms with Crippen LogP contribution in [-0.4, -0.2) is 76.4 Å². The summed E-state index contributed by atoms with van der Waals surface area (Å²) in [6.45, 7) is 0.837. The highest BCUT2D eigenvalue weighted by Crippen LogP contribution is 2.05. The molecule has 0 aromatic heterocycles. The van der Waals surface area contributed by atoms with Crippen LogP contribution in [0, 0.1) is 0 Å². The van der Waals surface area contributed by atoms with Gasteiger partial charge in [-0.1, -0.05) is 0 Å². The van der Waals surface area contributed by atoms with Crippen LogP contribution in [0.3, 0.4) is 0 Å². The van der Waals surface area contributed by atoms with Crippen molar-refractivity contribution in [2.24, 2.45) is 0 Å². The van der Waals surface area contributed by atoms with Crippen molar-refractivity contribution in [3.8, 4) is 0 Å². The second kappa shape index (κ2) is 5.41. The van der Waals surface area contributed by atoms with E-state index in [0.29, 0.717) is 0 Å². The molecule has 0 amide bonds. The normalized spacial score (nSPS) is 14.4. The molecular weight excluding hydrogens is 283 g/mol. The molecule has 10 nitrogen and oxygen atoms in total. The molecule has 0 aliphatic rings. The van der Waals surface area contributed by atoms with Crippen LogP contribution in [0.25, 0.3) is 0 Å². The van der Waals surface area contributed by atoms with E-state index in [2.05, 4.69) is 11.1 Å². The molecule has 0 heterocycles. The first-order valence-corrected chi connectivity index (χ1v) is 10.1. The van der Waals surface area contributed by atoms with Crippen LogP contribution in [0.1, 0.15) is 0 Å². The summed E-state index contributed by atoms with van der Waals surface area (Å²) in [6.07, 6.45) is 0. The minimum absolute atomic E-state index is 0.837. The van der Waals surface area contributed by atoms with Gasteiger partial charge in [0.25, 0.3) is 0 Å². The highest BCUT2D eigenvalue weighted by atomic mass is 28.5. The molecule has 0 aliphatic carbocycles. The Morgan fingerprint density at radius 2 is 1.33 bits per heavy atom. The maximum absolute atomic E-state index is 8.92. The summed E-state index contributed by atoms with van der Waals surface area (Å²) in [5.74, 6) is 0. The Kier molecular flexibility index (Phi) is 5.69. The van der Waals surface area contributed by atoms with Crippen LogP contribution in [-0.2, 0) is 11.1 Å². The SMILES string of the molecule is C[Si](O)(O)O[Si](O)(O)[O][Al-][O][Si](O)(O)O. The first-order valence-electron chi connectivity index (χ1n) is 3.35. The average Bonchev–Trinajstić information content (AvgIpc) is 1.75. The van der Waals surface area contributed by atoms with Crippen molar-refractivity contribution in [2.75, 3.05) is 0 Å². The lowest BCUT2D eigenvalue weighted by molar-refractivity contribution is 0.0800. The van der Waals surface area contributed by atoms with Crippen molar-refractivity contribution in [3.63, 3.8) is 0 Å².